The van der Waals surface area contributed by atoms with E-state index in [1.165, 1.54) is 7.11 Å². The minimum absolute atomic E-state index is 0.0698. The first-order valence-corrected chi connectivity index (χ1v) is 16.6. The molecule has 250 valence electrons. The van der Waals surface area contributed by atoms with Crippen LogP contribution in [0.25, 0.3) is 11.1 Å². The monoisotopic (exact) mass is 650 g/mol. The van der Waals surface area contributed by atoms with Crippen LogP contribution >= 0.6 is 0 Å². The number of methoxy groups -OCH3 is 1. The van der Waals surface area contributed by atoms with Crippen molar-refractivity contribution in [2.45, 2.75) is 50.2 Å². The molecule has 48 heavy (non-hydrogen) atoms. The van der Waals surface area contributed by atoms with Crippen LogP contribution in [0, 0.1) is 0 Å². The van der Waals surface area contributed by atoms with Crippen molar-refractivity contribution in [2.24, 2.45) is 0 Å². The predicted octanol–water partition coefficient (Wildman–Crippen LogP) is 5.33. The SMILES string of the molecule is COc1cc([C@H]2Oc3cc(OCCO)c4c(c3C[C@H]2O)[C@@H](CCN2C=CNC2)Cc2cc(O)ccc2-4)cc(CCc2ccccc2)c1O. The van der Waals surface area contributed by atoms with E-state index in [1.807, 2.05) is 48.7 Å². The lowest BCUT2D eigenvalue weighted by Gasteiger charge is -2.38. The summed E-state index contributed by atoms with van der Waals surface area (Å²) in [4.78, 5) is 2.23. The highest BCUT2D eigenvalue weighted by Crippen LogP contribution is 2.53. The highest BCUT2D eigenvalue weighted by atomic mass is 16.5. The Balaban J connectivity index is 1.28. The van der Waals surface area contributed by atoms with Crippen LogP contribution in [-0.2, 0) is 25.7 Å². The summed E-state index contributed by atoms with van der Waals surface area (Å²) in [5.41, 5.74) is 7.55. The van der Waals surface area contributed by atoms with Gasteiger partial charge in [0.1, 0.15) is 30.0 Å². The fraction of sp³-hybridized carbons (Fsp3) is 0.333. The molecule has 2 heterocycles. The zero-order chi connectivity index (χ0) is 33.2. The lowest BCUT2D eigenvalue weighted by Crippen LogP contribution is -2.32. The number of aryl methyl sites for hydroxylation is 2. The highest BCUT2D eigenvalue weighted by molar-refractivity contribution is 5.83. The van der Waals surface area contributed by atoms with Crippen LogP contribution in [0.1, 0.15) is 51.8 Å². The van der Waals surface area contributed by atoms with E-state index in [2.05, 4.69) is 28.5 Å². The van der Waals surface area contributed by atoms with Crippen LogP contribution in [0.5, 0.6) is 28.7 Å². The molecule has 4 aromatic rings. The summed E-state index contributed by atoms with van der Waals surface area (Å²) in [5, 5.41) is 46.2. The Bertz CT molecular complexity index is 1810. The van der Waals surface area contributed by atoms with E-state index in [1.54, 1.807) is 12.1 Å². The molecule has 3 aliphatic rings. The third-order valence-corrected chi connectivity index (χ3v) is 9.71. The lowest BCUT2D eigenvalue weighted by atomic mass is 9.73. The van der Waals surface area contributed by atoms with E-state index in [4.69, 9.17) is 14.2 Å². The summed E-state index contributed by atoms with van der Waals surface area (Å²) >= 11 is 0. The van der Waals surface area contributed by atoms with E-state index in [-0.39, 0.29) is 30.6 Å². The number of aliphatic hydroxyl groups excluding tert-OH is 2. The van der Waals surface area contributed by atoms with Crippen LogP contribution in [0.4, 0.5) is 0 Å². The number of benzene rings is 4. The molecule has 0 unspecified atom stereocenters. The van der Waals surface area contributed by atoms with Gasteiger partial charge in [-0.2, -0.15) is 0 Å². The predicted molar refractivity (Wildman–Crippen MR) is 183 cm³/mol. The number of aromatic hydroxyl groups is 2. The van der Waals surface area contributed by atoms with Gasteiger partial charge in [0, 0.05) is 42.6 Å². The molecule has 9 heteroatoms. The van der Waals surface area contributed by atoms with Crippen molar-refractivity contribution < 1.29 is 34.6 Å². The van der Waals surface area contributed by atoms with Crippen molar-refractivity contribution in [3.63, 3.8) is 0 Å². The number of hydrogen-bond acceptors (Lipinski definition) is 9. The van der Waals surface area contributed by atoms with Gasteiger partial charge >= 0.3 is 0 Å². The molecule has 2 aliphatic heterocycles. The molecule has 0 bridgehead atoms. The topological polar surface area (TPSA) is 124 Å². The van der Waals surface area contributed by atoms with Crippen molar-refractivity contribution >= 4 is 0 Å². The highest BCUT2D eigenvalue weighted by Gasteiger charge is 2.38. The van der Waals surface area contributed by atoms with Crippen molar-refractivity contribution in [3.8, 4) is 39.9 Å². The van der Waals surface area contributed by atoms with Gasteiger partial charge in [0.25, 0.3) is 0 Å². The number of rotatable bonds is 11. The Morgan fingerprint density at radius 3 is 2.60 bits per heavy atom. The normalized spacial score (nSPS) is 19.1. The van der Waals surface area contributed by atoms with Crippen molar-refractivity contribution in [2.75, 3.05) is 33.5 Å². The largest absolute Gasteiger partial charge is 0.508 e. The van der Waals surface area contributed by atoms with E-state index in [9.17, 15) is 20.4 Å². The Kier molecular flexibility index (Phi) is 9.06. The van der Waals surface area contributed by atoms with Gasteiger partial charge in [-0.3, -0.25) is 0 Å². The molecule has 0 amide bonds. The standard InChI is InChI=1S/C39H42N2O7/c1-46-35-20-28(18-26(38(35)45)8-7-24-5-3-2-4-6-24)39-32(44)21-31-33(48-39)22-34(47-16-15-42)37-30-10-9-29(43)19-27(30)17-25(36(31)37)11-13-41-14-12-40-23-41/h2-6,9-10,12,14,18-20,22,25,32,39-40,42-45H,7-8,11,13,15-17,21,23H2,1H3/t25-,32+,39+/m0/s1. The van der Waals surface area contributed by atoms with Crippen molar-refractivity contribution in [1.82, 2.24) is 10.2 Å². The fourth-order valence-corrected chi connectivity index (χ4v) is 7.42. The van der Waals surface area contributed by atoms with Gasteiger partial charge in [-0.05, 0) is 89.2 Å². The van der Waals surface area contributed by atoms with Gasteiger partial charge in [0.15, 0.2) is 11.5 Å². The average molecular weight is 651 g/mol. The second-order valence-corrected chi connectivity index (χ2v) is 12.8. The van der Waals surface area contributed by atoms with Gasteiger partial charge in [-0.1, -0.05) is 36.4 Å². The van der Waals surface area contributed by atoms with E-state index in [0.717, 1.165) is 71.4 Å². The summed E-state index contributed by atoms with van der Waals surface area (Å²) < 4.78 is 18.5. The number of ether oxygens (including phenoxy) is 3. The minimum atomic E-state index is -0.866. The number of fused-ring (bicyclic) bond motifs is 5. The number of nitrogens with one attached hydrogen (secondary N) is 1. The molecular weight excluding hydrogens is 608 g/mol. The molecule has 0 radical (unpaired) electrons. The van der Waals surface area contributed by atoms with Gasteiger partial charge in [-0.15, -0.1) is 0 Å². The Labute approximate surface area is 280 Å². The molecule has 0 aromatic heterocycles. The van der Waals surface area contributed by atoms with Crippen molar-refractivity contribution in [1.29, 1.82) is 0 Å². The second-order valence-electron chi connectivity index (χ2n) is 12.8. The minimum Gasteiger partial charge on any atom is -0.508 e. The molecule has 5 N–H and O–H groups in total. The number of hydrogen-bond donors (Lipinski definition) is 5. The zero-order valence-electron chi connectivity index (χ0n) is 27.1. The van der Waals surface area contributed by atoms with E-state index in [0.29, 0.717) is 35.7 Å². The van der Waals surface area contributed by atoms with Gasteiger partial charge in [0.05, 0.1) is 26.5 Å². The second kappa shape index (κ2) is 13.7. The lowest BCUT2D eigenvalue weighted by molar-refractivity contribution is 0.0199. The van der Waals surface area contributed by atoms with Crippen LogP contribution in [0.3, 0.4) is 0 Å². The molecular formula is C39H42N2O7. The van der Waals surface area contributed by atoms with Gasteiger partial charge < -0.3 is 44.9 Å². The molecule has 4 aromatic carbocycles. The third kappa shape index (κ3) is 6.23. The molecule has 0 fully saturated rings. The molecule has 1 aliphatic carbocycles. The maximum atomic E-state index is 11.8. The Hall–Kier alpha value is -4.86. The molecule has 3 atom stereocenters. The van der Waals surface area contributed by atoms with E-state index < -0.39 is 12.2 Å². The number of aliphatic hydroxyl groups is 2. The molecule has 0 saturated carbocycles. The number of nitrogens with zero attached hydrogens (tertiary/aromatic N) is 1. The van der Waals surface area contributed by atoms with Crippen molar-refractivity contribution in [3.05, 3.63) is 113 Å². The summed E-state index contributed by atoms with van der Waals surface area (Å²) in [7, 11) is 1.52. The van der Waals surface area contributed by atoms with Gasteiger partial charge in [-0.25, -0.2) is 0 Å². The quantitative estimate of drug-likeness (QED) is 0.147. The maximum Gasteiger partial charge on any atom is 0.161 e. The molecule has 7 rings (SSSR count). The fourth-order valence-electron chi connectivity index (χ4n) is 7.42. The molecule has 0 saturated heterocycles. The zero-order valence-corrected chi connectivity index (χ0v) is 27.1. The summed E-state index contributed by atoms with van der Waals surface area (Å²) in [6.07, 6.45) is 5.66. The first-order valence-electron chi connectivity index (χ1n) is 16.6. The van der Waals surface area contributed by atoms with Crippen LogP contribution < -0.4 is 19.5 Å². The first-order chi connectivity index (χ1) is 23.4. The summed E-state index contributed by atoms with van der Waals surface area (Å²) in [6, 6.07) is 21.1. The average Bonchev–Trinajstić information content (AvgIpc) is 3.63. The van der Waals surface area contributed by atoms with E-state index >= 15 is 0 Å². The number of phenolic OH excluding ortho intramolecular Hbond substituents is 2. The van der Waals surface area contributed by atoms with Gasteiger partial charge in [0.2, 0.25) is 0 Å². The smallest absolute Gasteiger partial charge is 0.161 e. The third-order valence-electron chi connectivity index (χ3n) is 9.71. The van der Waals surface area contributed by atoms with Crippen LogP contribution in [0.15, 0.2) is 79.1 Å². The summed E-state index contributed by atoms with van der Waals surface area (Å²) in [5.74, 6) is 1.93. The molecule has 0 spiro atoms. The summed E-state index contributed by atoms with van der Waals surface area (Å²) in [6.45, 7) is 1.54. The Morgan fingerprint density at radius 1 is 0.979 bits per heavy atom. The number of phenols is 2. The van der Waals surface area contributed by atoms with Crippen LogP contribution in [0.2, 0.25) is 0 Å². The maximum absolute atomic E-state index is 11.8. The molecule has 9 nitrogen and oxygen atoms in total. The first kappa shape index (κ1) is 31.7. The Morgan fingerprint density at radius 2 is 1.83 bits per heavy atom. The van der Waals surface area contributed by atoms with Crippen LogP contribution in [-0.4, -0.2) is 65.0 Å².